The fourth-order valence-corrected chi connectivity index (χ4v) is 3.35. The summed E-state index contributed by atoms with van der Waals surface area (Å²) >= 11 is 3.38. The molecule has 0 amide bonds. The minimum Gasteiger partial charge on any atom is -0.365 e. The Morgan fingerprint density at radius 3 is 2.32 bits per heavy atom. The van der Waals surface area contributed by atoms with Gasteiger partial charge in [-0.15, -0.1) is 0 Å². The van der Waals surface area contributed by atoms with Crippen molar-refractivity contribution in [2.75, 3.05) is 11.4 Å². The molecule has 152 valence electrons. The largest absolute Gasteiger partial charge is 0.423 e. The van der Waals surface area contributed by atoms with Gasteiger partial charge in [0.2, 0.25) is 0 Å². The van der Waals surface area contributed by atoms with Gasteiger partial charge >= 0.3 is 6.18 Å². The van der Waals surface area contributed by atoms with Gasteiger partial charge in [0.15, 0.2) is 0 Å². The SMILES string of the molecule is CCCCCN(c1ccc([N+](=O)[O-])c(C(F)(F)F)c1)[C@H](C)c1ccc(Br)cc1. The van der Waals surface area contributed by atoms with Gasteiger partial charge in [-0.1, -0.05) is 47.8 Å². The third-order valence-electron chi connectivity index (χ3n) is 4.64. The van der Waals surface area contributed by atoms with E-state index in [9.17, 15) is 23.3 Å². The molecule has 4 nitrogen and oxygen atoms in total. The summed E-state index contributed by atoms with van der Waals surface area (Å²) in [7, 11) is 0. The average molecular weight is 459 g/mol. The molecule has 0 heterocycles. The van der Waals surface area contributed by atoms with Crippen LogP contribution in [0, 0.1) is 10.1 Å². The van der Waals surface area contributed by atoms with Gasteiger partial charge in [0.05, 0.1) is 11.0 Å². The van der Waals surface area contributed by atoms with Gasteiger partial charge < -0.3 is 4.90 Å². The smallest absolute Gasteiger partial charge is 0.365 e. The van der Waals surface area contributed by atoms with Crippen molar-refractivity contribution in [2.24, 2.45) is 0 Å². The molecule has 0 aliphatic heterocycles. The molecule has 0 saturated heterocycles. The van der Waals surface area contributed by atoms with Gasteiger partial charge in [0.25, 0.3) is 5.69 Å². The fourth-order valence-electron chi connectivity index (χ4n) is 3.09. The van der Waals surface area contributed by atoms with Crippen molar-refractivity contribution in [2.45, 2.75) is 45.3 Å². The Morgan fingerprint density at radius 2 is 1.79 bits per heavy atom. The number of alkyl halides is 3. The third kappa shape index (κ3) is 5.47. The standard InChI is InChI=1S/C20H22BrF3N2O2/c1-3-4-5-12-25(14(2)15-6-8-16(21)9-7-15)17-10-11-19(26(27)28)18(13-17)20(22,23)24/h6-11,13-14H,3-5,12H2,1-2H3/t14-/m1/s1. The molecule has 0 N–H and O–H groups in total. The van der Waals surface area contributed by atoms with Gasteiger partial charge in [-0.05, 0) is 43.2 Å². The lowest BCUT2D eigenvalue weighted by Crippen LogP contribution is -2.28. The second-order valence-corrected chi connectivity index (χ2v) is 7.50. The van der Waals surface area contributed by atoms with Crippen LogP contribution in [0.1, 0.15) is 50.3 Å². The molecule has 0 radical (unpaired) electrons. The van der Waals surface area contributed by atoms with Crippen LogP contribution < -0.4 is 4.90 Å². The molecule has 0 unspecified atom stereocenters. The first-order valence-corrected chi connectivity index (χ1v) is 9.82. The molecule has 0 fully saturated rings. The zero-order valence-electron chi connectivity index (χ0n) is 15.7. The first kappa shape index (κ1) is 22.2. The van der Waals surface area contributed by atoms with Crippen molar-refractivity contribution in [3.05, 3.63) is 68.2 Å². The number of rotatable bonds is 8. The van der Waals surface area contributed by atoms with E-state index in [-0.39, 0.29) is 6.04 Å². The molecule has 28 heavy (non-hydrogen) atoms. The van der Waals surface area contributed by atoms with Gasteiger partial charge in [0.1, 0.15) is 5.56 Å². The van der Waals surface area contributed by atoms with Crippen molar-refractivity contribution in [1.82, 2.24) is 0 Å². The maximum Gasteiger partial charge on any atom is 0.423 e. The lowest BCUT2D eigenvalue weighted by molar-refractivity contribution is -0.388. The first-order chi connectivity index (χ1) is 13.1. The van der Waals surface area contributed by atoms with E-state index in [1.807, 2.05) is 36.1 Å². The Kier molecular flexibility index (Phi) is 7.46. The normalized spacial score (nSPS) is 12.6. The molecule has 2 aromatic carbocycles. The van der Waals surface area contributed by atoms with Crippen molar-refractivity contribution < 1.29 is 18.1 Å². The highest BCUT2D eigenvalue weighted by Crippen LogP contribution is 2.39. The van der Waals surface area contributed by atoms with Crippen LogP contribution in [0.5, 0.6) is 0 Å². The molecular formula is C20H22BrF3N2O2. The van der Waals surface area contributed by atoms with Crippen molar-refractivity contribution in [1.29, 1.82) is 0 Å². The summed E-state index contributed by atoms with van der Waals surface area (Å²) in [6, 6.07) is 10.6. The summed E-state index contributed by atoms with van der Waals surface area (Å²) in [5, 5.41) is 11.0. The van der Waals surface area contributed by atoms with Crippen LogP contribution in [-0.2, 0) is 6.18 Å². The summed E-state index contributed by atoms with van der Waals surface area (Å²) in [5.74, 6) is 0. The Hall–Kier alpha value is -2.09. The zero-order valence-corrected chi connectivity index (χ0v) is 17.3. The lowest BCUT2D eigenvalue weighted by atomic mass is 10.0. The van der Waals surface area contributed by atoms with Crippen molar-refractivity contribution in [3.8, 4) is 0 Å². The number of halogens is 4. The van der Waals surface area contributed by atoms with Gasteiger partial charge in [-0.25, -0.2) is 0 Å². The highest BCUT2D eigenvalue weighted by atomic mass is 79.9. The van der Waals surface area contributed by atoms with Gasteiger partial charge in [-0.3, -0.25) is 10.1 Å². The molecule has 0 spiro atoms. The highest BCUT2D eigenvalue weighted by molar-refractivity contribution is 9.10. The van der Waals surface area contributed by atoms with E-state index in [2.05, 4.69) is 22.9 Å². The number of unbranched alkanes of at least 4 members (excludes halogenated alkanes) is 2. The van der Waals surface area contributed by atoms with Gasteiger partial charge in [0, 0.05) is 22.8 Å². The number of nitro groups is 1. The minimum absolute atomic E-state index is 0.188. The molecule has 0 aliphatic rings. The molecule has 1 atom stereocenters. The molecule has 0 aliphatic carbocycles. The Bertz CT molecular complexity index is 810. The molecule has 8 heteroatoms. The molecule has 2 rings (SSSR count). The fraction of sp³-hybridized carbons (Fsp3) is 0.400. The Labute approximate surface area is 170 Å². The number of nitro benzene ring substituents is 1. The summed E-state index contributed by atoms with van der Waals surface area (Å²) in [6.07, 6.45) is -2.05. The van der Waals surface area contributed by atoms with E-state index in [0.717, 1.165) is 41.4 Å². The van der Waals surface area contributed by atoms with Crippen molar-refractivity contribution >= 4 is 27.3 Å². The summed E-state index contributed by atoms with van der Waals surface area (Å²) in [5.41, 5.74) is -0.879. The molecule has 0 aromatic heterocycles. The maximum absolute atomic E-state index is 13.4. The van der Waals surface area contributed by atoms with Crippen LogP contribution in [0.2, 0.25) is 0 Å². The summed E-state index contributed by atoms with van der Waals surface area (Å²) in [6.45, 7) is 4.53. The van der Waals surface area contributed by atoms with Crippen LogP contribution in [0.25, 0.3) is 0 Å². The predicted molar refractivity (Wildman–Crippen MR) is 108 cm³/mol. The quantitative estimate of drug-likeness (QED) is 0.240. The molecule has 0 saturated carbocycles. The summed E-state index contributed by atoms with van der Waals surface area (Å²) in [4.78, 5) is 11.9. The number of hydrogen-bond acceptors (Lipinski definition) is 3. The first-order valence-electron chi connectivity index (χ1n) is 9.03. The summed E-state index contributed by atoms with van der Waals surface area (Å²) < 4.78 is 41.1. The van der Waals surface area contributed by atoms with E-state index in [0.29, 0.717) is 12.2 Å². The second-order valence-electron chi connectivity index (χ2n) is 6.58. The average Bonchev–Trinajstić information content (AvgIpc) is 2.64. The second kappa shape index (κ2) is 9.41. The van der Waals surface area contributed by atoms with E-state index >= 15 is 0 Å². The topological polar surface area (TPSA) is 46.4 Å². The van der Waals surface area contributed by atoms with Crippen LogP contribution in [0.15, 0.2) is 46.9 Å². The molecule has 0 bridgehead atoms. The van der Waals surface area contributed by atoms with Gasteiger partial charge in [-0.2, -0.15) is 13.2 Å². The van der Waals surface area contributed by atoms with Crippen LogP contribution in [0.4, 0.5) is 24.5 Å². The molecular weight excluding hydrogens is 437 g/mol. The van der Waals surface area contributed by atoms with E-state index < -0.39 is 22.4 Å². The lowest BCUT2D eigenvalue weighted by Gasteiger charge is -2.32. The monoisotopic (exact) mass is 458 g/mol. The zero-order chi connectivity index (χ0) is 20.9. The third-order valence-corrected chi connectivity index (χ3v) is 5.17. The number of benzene rings is 2. The van der Waals surface area contributed by atoms with Crippen LogP contribution in [-0.4, -0.2) is 11.5 Å². The Morgan fingerprint density at radius 1 is 1.14 bits per heavy atom. The number of hydrogen-bond donors (Lipinski definition) is 0. The van der Waals surface area contributed by atoms with E-state index in [1.165, 1.54) is 6.07 Å². The van der Waals surface area contributed by atoms with Crippen LogP contribution >= 0.6 is 15.9 Å². The maximum atomic E-state index is 13.4. The Balaban J connectivity index is 2.47. The van der Waals surface area contributed by atoms with E-state index in [4.69, 9.17) is 0 Å². The highest BCUT2D eigenvalue weighted by Gasteiger charge is 2.39. The minimum atomic E-state index is -4.80. The number of nitrogens with zero attached hydrogens (tertiary/aromatic N) is 2. The number of anilines is 1. The molecule has 2 aromatic rings. The van der Waals surface area contributed by atoms with Crippen LogP contribution in [0.3, 0.4) is 0 Å². The van der Waals surface area contributed by atoms with Crippen molar-refractivity contribution in [3.63, 3.8) is 0 Å². The predicted octanol–water partition coefficient (Wildman–Crippen LogP) is 7.13. The van der Waals surface area contributed by atoms with E-state index in [1.54, 1.807) is 0 Å².